The lowest BCUT2D eigenvalue weighted by molar-refractivity contribution is 0.205. The summed E-state index contributed by atoms with van der Waals surface area (Å²) in [6.07, 6.45) is 0.977. The highest BCUT2D eigenvalue weighted by molar-refractivity contribution is 5.89. The first-order chi connectivity index (χ1) is 5.67. The van der Waals surface area contributed by atoms with E-state index in [1.807, 2.05) is 0 Å². The molecule has 0 aromatic rings. The van der Waals surface area contributed by atoms with Crippen LogP contribution in [-0.2, 0) is 4.84 Å². The van der Waals surface area contributed by atoms with E-state index in [4.69, 9.17) is 4.84 Å². The van der Waals surface area contributed by atoms with E-state index in [2.05, 4.69) is 46.7 Å². The summed E-state index contributed by atoms with van der Waals surface area (Å²) in [6, 6.07) is 0. The van der Waals surface area contributed by atoms with Crippen LogP contribution in [0, 0.1) is 10.8 Å². The maximum absolute atomic E-state index is 4.86. The molecule has 13 heavy (non-hydrogen) atoms. The van der Waals surface area contributed by atoms with Gasteiger partial charge in [-0.15, -0.1) is 0 Å². The van der Waals surface area contributed by atoms with Crippen LogP contribution in [0.15, 0.2) is 5.16 Å². The first kappa shape index (κ1) is 12.5. The first-order valence-corrected chi connectivity index (χ1v) is 4.77. The molecule has 0 unspecified atom stereocenters. The average Bonchev–Trinajstić information content (AvgIpc) is 1.81. The van der Waals surface area contributed by atoms with Crippen molar-refractivity contribution in [1.29, 1.82) is 0 Å². The highest BCUT2D eigenvalue weighted by Gasteiger charge is 2.24. The molecule has 0 radical (unpaired) electrons. The molecule has 0 aliphatic rings. The summed E-state index contributed by atoms with van der Waals surface area (Å²) >= 11 is 0. The molecule has 0 saturated heterocycles. The van der Waals surface area contributed by atoms with Gasteiger partial charge < -0.3 is 4.84 Å². The number of nitrogens with zero attached hydrogens (tertiary/aromatic N) is 1. The third-order valence-electron chi connectivity index (χ3n) is 1.76. The Balaban J connectivity index is 4.57. The van der Waals surface area contributed by atoms with Crippen molar-refractivity contribution in [2.45, 2.75) is 48.0 Å². The largest absolute Gasteiger partial charge is 0.399 e. The third kappa shape index (κ3) is 5.67. The Hall–Kier alpha value is -0.530. The fourth-order valence-corrected chi connectivity index (χ4v) is 1.05. The van der Waals surface area contributed by atoms with Crippen LogP contribution in [-0.4, -0.2) is 12.8 Å². The third-order valence-corrected chi connectivity index (χ3v) is 1.76. The first-order valence-electron chi connectivity index (χ1n) is 4.77. The zero-order chi connectivity index (χ0) is 10.7. The topological polar surface area (TPSA) is 21.6 Å². The number of hydrogen-bond donors (Lipinski definition) is 0. The van der Waals surface area contributed by atoms with E-state index in [1.165, 1.54) is 0 Å². The van der Waals surface area contributed by atoms with Crippen molar-refractivity contribution in [1.82, 2.24) is 0 Å². The van der Waals surface area contributed by atoms with Crippen molar-refractivity contribution < 1.29 is 4.84 Å². The van der Waals surface area contributed by atoms with Gasteiger partial charge in [0.15, 0.2) is 0 Å². The SMILES string of the molecule is CON=C(CC(C)(C)C)C(C)(C)C. The number of oxime groups is 1. The molecular formula is C11H23NO. The molecule has 0 rings (SSSR count). The van der Waals surface area contributed by atoms with E-state index in [-0.39, 0.29) is 10.8 Å². The highest BCUT2D eigenvalue weighted by atomic mass is 16.6. The summed E-state index contributed by atoms with van der Waals surface area (Å²) in [5, 5.41) is 4.10. The van der Waals surface area contributed by atoms with Crippen LogP contribution < -0.4 is 0 Å². The molecular weight excluding hydrogens is 162 g/mol. The predicted octanol–water partition coefficient (Wildman–Crippen LogP) is 3.47. The lowest BCUT2D eigenvalue weighted by Gasteiger charge is -2.26. The zero-order valence-corrected chi connectivity index (χ0v) is 10.1. The Bertz CT molecular complexity index is 181. The van der Waals surface area contributed by atoms with Crippen molar-refractivity contribution >= 4 is 5.71 Å². The average molecular weight is 185 g/mol. The Morgan fingerprint density at radius 1 is 1.08 bits per heavy atom. The number of rotatable bonds is 2. The molecule has 0 aromatic heterocycles. The van der Waals surface area contributed by atoms with Crippen LogP contribution >= 0.6 is 0 Å². The van der Waals surface area contributed by atoms with E-state index in [1.54, 1.807) is 7.11 Å². The van der Waals surface area contributed by atoms with Crippen LogP contribution in [0.3, 0.4) is 0 Å². The van der Waals surface area contributed by atoms with E-state index >= 15 is 0 Å². The van der Waals surface area contributed by atoms with Gasteiger partial charge in [0.25, 0.3) is 0 Å². The van der Waals surface area contributed by atoms with Crippen LogP contribution in [0.4, 0.5) is 0 Å². The van der Waals surface area contributed by atoms with E-state index in [0.717, 1.165) is 12.1 Å². The van der Waals surface area contributed by atoms with Crippen LogP contribution in [0.25, 0.3) is 0 Å². The van der Waals surface area contributed by atoms with Gasteiger partial charge in [0.05, 0.1) is 5.71 Å². The summed E-state index contributed by atoms with van der Waals surface area (Å²) in [6.45, 7) is 13.1. The predicted molar refractivity (Wildman–Crippen MR) is 58.0 cm³/mol. The normalized spacial score (nSPS) is 14.5. The second kappa shape index (κ2) is 4.12. The van der Waals surface area contributed by atoms with Gasteiger partial charge in [-0.05, 0) is 11.8 Å². The van der Waals surface area contributed by atoms with Crippen molar-refractivity contribution in [2.24, 2.45) is 16.0 Å². The summed E-state index contributed by atoms with van der Waals surface area (Å²) in [5.74, 6) is 0. The van der Waals surface area contributed by atoms with Crippen molar-refractivity contribution in [3.63, 3.8) is 0 Å². The quantitative estimate of drug-likeness (QED) is 0.477. The van der Waals surface area contributed by atoms with Gasteiger partial charge in [0, 0.05) is 5.41 Å². The molecule has 2 heteroatoms. The second-order valence-electron chi connectivity index (χ2n) is 5.71. The fourth-order valence-electron chi connectivity index (χ4n) is 1.05. The maximum atomic E-state index is 4.86. The second-order valence-corrected chi connectivity index (χ2v) is 5.71. The van der Waals surface area contributed by atoms with Crippen molar-refractivity contribution in [3.05, 3.63) is 0 Å². The molecule has 0 aromatic carbocycles. The van der Waals surface area contributed by atoms with Gasteiger partial charge in [0.2, 0.25) is 0 Å². The Morgan fingerprint density at radius 3 is 1.77 bits per heavy atom. The van der Waals surface area contributed by atoms with Crippen LogP contribution in [0.5, 0.6) is 0 Å². The Kier molecular flexibility index (Phi) is 3.95. The van der Waals surface area contributed by atoms with Gasteiger partial charge in [-0.3, -0.25) is 0 Å². The van der Waals surface area contributed by atoms with Crippen molar-refractivity contribution in [2.75, 3.05) is 7.11 Å². The molecule has 0 bridgehead atoms. The van der Waals surface area contributed by atoms with Gasteiger partial charge in [-0.1, -0.05) is 46.7 Å². The minimum Gasteiger partial charge on any atom is -0.399 e. The lowest BCUT2D eigenvalue weighted by Crippen LogP contribution is -2.25. The molecule has 0 N–H and O–H groups in total. The van der Waals surface area contributed by atoms with Crippen LogP contribution in [0.1, 0.15) is 48.0 Å². The van der Waals surface area contributed by atoms with E-state index in [0.29, 0.717) is 0 Å². The Morgan fingerprint density at radius 2 is 1.54 bits per heavy atom. The van der Waals surface area contributed by atoms with Gasteiger partial charge in [0.1, 0.15) is 7.11 Å². The molecule has 0 saturated carbocycles. The summed E-state index contributed by atoms with van der Waals surface area (Å²) < 4.78 is 0. The summed E-state index contributed by atoms with van der Waals surface area (Å²) in [5.41, 5.74) is 1.50. The maximum Gasteiger partial charge on any atom is 0.106 e. The molecule has 0 amide bonds. The standard InChI is InChI=1S/C11H23NO/c1-10(2,3)8-9(12-13-7)11(4,5)6/h8H2,1-7H3. The molecule has 0 aliphatic heterocycles. The van der Waals surface area contributed by atoms with E-state index < -0.39 is 0 Å². The minimum absolute atomic E-state index is 0.100. The molecule has 0 heterocycles. The molecule has 0 fully saturated rings. The smallest absolute Gasteiger partial charge is 0.106 e. The molecule has 2 nitrogen and oxygen atoms in total. The molecule has 0 spiro atoms. The molecule has 78 valence electrons. The van der Waals surface area contributed by atoms with Crippen LogP contribution in [0.2, 0.25) is 0 Å². The summed E-state index contributed by atoms with van der Waals surface area (Å²) in [7, 11) is 1.61. The minimum atomic E-state index is 0.100. The highest BCUT2D eigenvalue weighted by Crippen LogP contribution is 2.27. The van der Waals surface area contributed by atoms with Gasteiger partial charge >= 0.3 is 0 Å². The fraction of sp³-hybridized carbons (Fsp3) is 0.909. The Labute approximate surface area is 82.4 Å². The lowest BCUT2D eigenvalue weighted by atomic mass is 9.79. The number of hydrogen-bond acceptors (Lipinski definition) is 2. The van der Waals surface area contributed by atoms with E-state index in [9.17, 15) is 0 Å². The van der Waals surface area contributed by atoms with Crippen molar-refractivity contribution in [3.8, 4) is 0 Å². The van der Waals surface area contributed by atoms with Gasteiger partial charge in [-0.2, -0.15) is 0 Å². The monoisotopic (exact) mass is 185 g/mol. The van der Waals surface area contributed by atoms with Gasteiger partial charge in [-0.25, -0.2) is 0 Å². The zero-order valence-electron chi connectivity index (χ0n) is 10.1. The molecule has 0 atom stereocenters. The summed E-state index contributed by atoms with van der Waals surface area (Å²) in [4.78, 5) is 4.86. The molecule has 0 aliphatic carbocycles.